The second-order valence-electron chi connectivity index (χ2n) is 4.88. The van der Waals surface area contributed by atoms with Gasteiger partial charge in [-0.05, 0) is 42.4 Å². The van der Waals surface area contributed by atoms with Crippen molar-refractivity contribution in [3.05, 3.63) is 0 Å². The van der Waals surface area contributed by atoms with Gasteiger partial charge in [0.2, 0.25) is 0 Å². The molecular weight excluding hydrogens is 136 g/mol. The number of aliphatic hydroxyl groups is 1. The van der Waals surface area contributed by atoms with Crippen LogP contribution in [0.1, 0.15) is 33.1 Å². The van der Waals surface area contributed by atoms with Gasteiger partial charge in [-0.15, -0.1) is 0 Å². The van der Waals surface area contributed by atoms with Gasteiger partial charge in [-0.2, -0.15) is 0 Å². The van der Waals surface area contributed by atoms with Gasteiger partial charge < -0.3 is 5.11 Å². The SMILES string of the molecule is CC1(C)C2CCC(C2)C1CO. The van der Waals surface area contributed by atoms with Crippen molar-refractivity contribution in [2.24, 2.45) is 23.2 Å². The van der Waals surface area contributed by atoms with Crippen molar-refractivity contribution in [2.75, 3.05) is 6.61 Å². The topological polar surface area (TPSA) is 20.2 Å². The molecule has 64 valence electrons. The highest BCUT2D eigenvalue weighted by molar-refractivity contribution is 5.01. The quantitative estimate of drug-likeness (QED) is 0.613. The van der Waals surface area contributed by atoms with Crippen molar-refractivity contribution in [2.45, 2.75) is 33.1 Å². The van der Waals surface area contributed by atoms with Gasteiger partial charge in [-0.25, -0.2) is 0 Å². The first-order valence-electron chi connectivity index (χ1n) is 4.77. The van der Waals surface area contributed by atoms with Gasteiger partial charge >= 0.3 is 0 Å². The molecule has 0 aliphatic heterocycles. The Balaban J connectivity index is 2.21. The van der Waals surface area contributed by atoms with Crippen LogP contribution in [0.15, 0.2) is 0 Å². The molecule has 1 heteroatoms. The van der Waals surface area contributed by atoms with E-state index in [1.807, 2.05) is 0 Å². The standard InChI is InChI=1S/C10H18O/c1-10(2)8-4-3-7(5-8)9(10)6-11/h7-9,11H,3-6H2,1-2H3. The van der Waals surface area contributed by atoms with Crippen molar-refractivity contribution < 1.29 is 5.11 Å². The molecular formula is C10H18O. The summed E-state index contributed by atoms with van der Waals surface area (Å²) in [6.07, 6.45) is 4.17. The highest BCUT2D eigenvalue weighted by atomic mass is 16.3. The minimum Gasteiger partial charge on any atom is -0.396 e. The molecule has 1 N–H and O–H groups in total. The maximum absolute atomic E-state index is 9.22. The fourth-order valence-corrected chi connectivity index (χ4v) is 3.35. The third kappa shape index (κ3) is 0.868. The molecule has 0 saturated heterocycles. The molecule has 2 fully saturated rings. The Bertz CT molecular complexity index is 162. The molecule has 0 aromatic heterocycles. The minimum atomic E-state index is 0.411. The van der Waals surface area contributed by atoms with Crippen LogP contribution in [-0.2, 0) is 0 Å². The maximum atomic E-state index is 9.22. The average molecular weight is 154 g/mol. The summed E-state index contributed by atoms with van der Waals surface area (Å²) in [6, 6.07) is 0. The molecule has 2 saturated carbocycles. The summed E-state index contributed by atoms with van der Waals surface area (Å²) < 4.78 is 0. The monoisotopic (exact) mass is 154 g/mol. The van der Waals surface area contributed by atoms with Crippen LogP contribution in [0.4, 0.5) is 0 Å². The van der Waals surface area contributed by atoms with Gasteiger partial charge in [0.25, 0.3) is 0 Å². The predicted molar refractivity (Wildman–Crippen MR) is 45.2 cm³/mol. The lowest BCUT2D eigenvalue weighted by molar-refractivity contribution is 0.0638. The summed E-state index contributed by atoms with van der Waals surface area (Å²) in [4.78, 5) is 0. The van der Waals surface area contributed by atoms with Gasteiger partial charge in [-0.1, -0.05) is 13.8 Å². The molecule has 11 heavy (non-hydrogen) atoms. The average Bonchev–Trinajstić information content (AvgIpc) is 2.44. The van der Waals surface area contributed by atoms with E-state index in [4.69, 9.17) is 0 Å². The predicted octanol–water partition coefficient (Wildman–Crippen LogP) is 2.05. The molecule has 0 spiro atoms. The van der Waals surface area contributed by atoms with E-state index in [0.29, 0.717) is 17.9 Å². The van der Waals surface area contributed by atoms with Gasteiger partial charge in [0.1, 0.15) is 0 Å². The van der Waals surface area contributed by atoms with E-state index in [2.05, 4.69) is 13.8 Å². The number of aliphatic hydroxyl groups excluding tert-OH is 1. The van der Waals surface area contributed by atoms with Gasteiger partial charge in [0, 0.05) is 6.61 Å². The Labute approximate surface area is 68.8 Å². The highest BCUT2D eigenvalue weighted by Crippen LogP contribution is 2.58. The number of rotatable bonds is 1. The largest absolute Gasteiger partial charge is 0.396 e. The third-order valence-corrected chi connectivity index (χ3v) is 4.25. The maximum Gasteiger partial charge on any atom is 0.0467 e. The van der Waals surface area contributed by atoms with Crippen LogP contribution < -0.4 is 0 Å². The molecule has 3 atom stereocenters. The van der Waals surface area contributed by atoms with E-state index in [9.17, 15) is 5.11 Å². The molecule has 0 aromatic carbocycles. The summed E-state index contributed by atoms with van der Waals surface area (Å²) in [5, 5.41) is 9.22. The Morgan fingerprint density at radius 3 is 2.45 bits per heavy atom. The lowest BCUT2D eigenvalue weighted by atomic mass is 9.69. The number of hydrogen-bond acceptors (Lipinski definition) is 1. The molecule has 2 bridgehead atoms. The van der Waals surface area contributed by atoms with Crippen molar-refractivity contribution >= 4 is 0 Å². The summed E-state index contributed by atoms with van der Waals surface area (Å²) in [5.41, 5.74) is 0.428. The fraction of sp³-hybridized carbons (Fsp3) is 1.00. The molecule has 3 unspecified atom stereocenters. The highest BCUT2D eigenvalue weighted by Gasteiger charge is 2.51. The first-order chi connectivity index (χ1) is 5.16. The first-order valence-corrected chi connectivity index (χ1v) is 4.77. The Hall–Kier alpha value is -0.0400. The van der Waals surface area contributed by atoms with E-state index in [0.717, 1.165) is 11.8 Å². The van der Waals surface area contributed by atoms with E-state index < -0.39 is 0 Å². The molecule has 1 nitrogen and oxygen atoms in total. The lowest BCUT2D eigenvalue weighted by Gasteiger charge is -2.37. The Kier molecular flexibility index (Phi) is 1.54. The van der Waals surface area contributed by atoms with E-state index in [1.54, 1.807) is 0 Å². The summed E-state index contributed by atoms with van der Waals surface area (Å²) in [7, 11) is 0. The van der Waals surface area contributed by atoms with Gasteiger partial charge in [-0.3, -0.25) is 0 Å². The van der Waals surface area contributed by atoms with E-state index >= 15 is 0 Å². The zero-order chi connectivity index (χ0) is 8.06. The van der Waals surface area contributed by atoms with Gasteiger partial charge in [0.05, 0.1) is 0 Å². The van der Waals surface area contributed by atoms with Crippen molar-refractivity contribution in [3.63, 3.8) is 0 Å². The van der Waals surface area contributed by atoms with Crippen LogP contribution in [0.5, 0.6) is 0 Å². The number of fused-ring (bicyclic) bond motifs is 2. The third-order valence-electron chi connectivity index (χ3n) is 4.25. The fourth-order valence-electron chi connectivity index (χ4n) is 3.35. The van der Waals surface area contributed by atoms with Gasteiger partial charge in [0.15, 0.2) is 0 Å². The van der Waals surface area contributed by atoms with Crippen LogP contribution in [0.3, 0.4) is 0 Å². The minimum absolute atomic E-state index is 0.411. The van der Waals surface area contributed by atoms with Crippen LogP contribution >= 0.6 is 0 Å². The zero-order valence-electron chi connectivity index (χ0n) is 7.51. The molecule has 0 aromatic rings. The molecule has 2 rings (SSSR count). The van der Waals surface area contributed by atoms with Crippen molar-refractivity contribution in [1.29, 1.82) is 0 Å². The molecule has 2 aliphatic carbocycles. The summed E-state index contributed by atoms with van der Waals surface area (Å²) in [6.45, 7) is 5.07. The van der Waals surface area contributed by atoms with E-state index in [1.165, 1.54) is 19.3 Å². The molecule has 2 aliphatic rings. The normalized spacial score (nSPS) is 46.6. The van der Waals surface area contributed by atoms with Crippen LogP contribution in [0.25, 0.3) is 0 Å². The molecule has 0 heterocycles. The van der Waals surface area contributed by atoms with Crippen LogP contribution in [0, 0.1) is 23.2 Å². The van der Waals surface area contributed by atoms with E-state index in [-0.39, 0.29) is 0 Å². The Morgan fingerprint density at radius 1 is 1.36 bits per heavy atom. The smallest absolute Gasteiger partial charge is 0.0467 e. The second-order valence-corrected chi connectivity index (χ2v) is 4.88. The first kappa shape index (κ1) is 7.60. The number of hydrogen-bond donors (Lipinski definition) is 1. The molecule has 0 amide bonds. The zero-order valence-corrected chi connectivity index (χ0v) is 7.51. The van der Waals surface area contributed by atoms with Crippen molar-refractivity contribution in [1.82, 2.24) is 0 Å². The van der Waals surface area contributed by atoms with Crippen LogP contribution in [0.2, 0.25) is 0 Å². The lowest BCUT2D eigenvalue weighted by Crippen LogP contribution is -2.32. The summed E-state index contributed by atoms with van der Waals surface area (Å²) in [5.74, 6) is 2.35. The summed E-state index contributed by atoms with van der Waals surface area (Å²) >= 11 is 0. The van der Waals surface area contributed by atoms with Crippen molar-refractivity contribution in [3.8, 4) is 0 Å². The van der Waals surface area contributed by atoms with Crippen LogP contribution in [-0.4, -0.2) is 11.7 Å². The molecule has 0 radical (unpaired) electrons. The Morgan fingerprint density at radius 2 is 2.09 bits per heavy atom. The second kappa shape index (κ2) is 2.22.